The molecule has 0 bridgehead atoms. The minimum Gasteiger partial charge on any atom is -0.481 e. The molecule has 98 valence electrons. The van der Waals surface area contributed by atoms with Crippen molar-refractivity contribution < 1.29 is 18.7 Å². The smallest absolute Gasteiger partial charge is 0.307 e. The second-order valence-electron chi connectivity index (χ2n) is 4.66. The van der Waals surface area contributed by atoms with Crippen molar-refractivity contribution in [3.05, 3.63) is 35.4 Å². The summed E-state index contributed by atoms with van der Waals surface area (Å²) in [5.41, 5.74) is 0.279. The largest absolute Gasteiger partial charge is 0.481 e. The lowest BCUT2D eigenvalue weighted by molar-refractivity contribution is -0.141. The van der Waals surface area contributed by atoms with Crippen LogP contribution in [0, 0.1) is 17.6 Å². The molecule has 0 aromatic heterocycles. The van der Waals surface area contributed by atoms with Gasteiger partial charge in [0.1, 0.15) is 11.6 Å². The maximum absolute atomic E-state index is 13.6. The minimum absolute atomic E-state index is 0.279. The van der Waals surface area contributed by atoms with Crippen molar-refractivity contribution >= 4 is 5.97 Å². The molecule has 2 atom stereocenters. The number of aliphatic carboxylic acids is 1. The van der Waals surface area contributed by atoms with Crippen molar-refractivity contribution in [1.29, 1.82) is 0 Å². The van der Waals surface area contributed by atoms with Crippen LogP contribution < -0.4 is 0 Å². The summed E-state index contributed by atoms with van der Waals surface area (Å²) in [6.45, 7) is 2.74. The van der Waals surface area contributed by atoms with E-state index in [2.05, 4.69) is 0 Å². The van der Waals surface area contributed by atoms with Crippen LogP contribution in [0.15, 0.2) is 18.2 Å². The molecule has 1 aliphatic rings. The van der Waals surface area contributed by atoms with Gasteiger partial charge in [0, 0.05) is 18.2 Å². The van der Waals surface area contributed by atoms with Gasteiger partial charge in [-0.1, -0.05) is 0 Å². The molecule has 0 radical (unpaired) electrons. The second-order valence-corrected chi connectivity index (χ2v) is 4.66. The third-order valence-corrected chi connectivity index (χ3v) is 3.52. The number of likely N-dealkylation sites (tertiary alicyclic amines) is 1. The molecule has 1 aromatic carbocycles. The molecule has 0 saturated carbocycles. The van der Waals surface area contributed by atoms with Crippen LogP contribution in [0.3, 0.4) is 0 Å². The van der Waals surface area contributed by atoms with E-state index in [0.717, 1.165) is 12.1 Å². The number of hydrogen-bond acceptors (Lipinski definition) is 2. The molecule has 1 aromatic rings. The summed E-state index contributed by atoms with van der Waals surface area (Å²) in [6.07, 6.45) is 0.552. The highest BCUT2D eigenvalue weighted by Gasteiger charge is 2.31. The Morgan fingerprint density at radius 3 is 2.83 bits per heavy atom. The van der Waals surface area contributed by atoms with Crippen molar-refractivity contribution in [2.45, 2.75) is 19.4 Å². The van der Waals surface area contributed by atoms with Gasteiger partial charge in [0.2, 0.25) is 0 Å². The van der Waals surface area contributed by atoms with Crippen molar-refractivity contribution in [2.24, 2.45) is 5.92 Å². The number of carboxylic acids is 1. The maximum atomic E-state index is 13.6. The number of hydrogen-bond donors (Lipinski definition) is 1. The standard InChI is InChI=1S/C13H15F2NO2/c1-8(11-6-10(14)2-3-12(11)15)16-5-4-9(7-16)13(17)18/h2-3,6,8-9H,4-5,7H2,1H3,(H,17,18)/t8-,9+/m0/s1. The Hall–Kier alpha value is -1.49. The number of rotatable bonds is 3. The normalized spacial score (nSPS) is 22.1. The fraction of sp³-hybridized carbons (Fsp3) is 0.462. The van der Waals surface area contributed by atoms with Crippen LogP contribution in [0.5, 0.6) is 0 Å². The first-order valence-electron chi connectivity index (χ1n) is 5.91. The van der Waals surface area contributed by atoms with Crippen molar-refractivity contribution in [3.8, 4) is 0 Å². The van der Waals surface area contributed by atoms with Crippen molar-refractivity contribution in [3.63, 3.8) is 0 Å². The van der Waals surface area contributed by atoms with Crippen molar-refractivity contribution in [2.75, 3.05) is 13.1 Å². The molecule has 0 amide bonds. The molecule has 1 heterocycles. The third-order valence-electron chi connectivity index (χ3n) is 3.52. The SMILES string of the molecule is C[C@@H](c1cc(F)ccc1F)N1CC[C@@H](C(=O)O)C1. The van der Waals surface area contributed by atoms with E-state index in [-0.39, 0.29) is 11.6 Å². The van der Waals surface area contributed by atoms with E-state index in [1.807, 2.05) is 4.90 Å². The van der Waals surface area contributed by atoms with E-state index >= 15 is 0 Å². The van der Waals surface area contributed by atoms with Gasteiger partial charge in [-0.05, 0) is 38.1 Å². The van der Waals surface area contributed by atoms with Gasteiger partial charge >= 0.3 is 5.97 Å². The number of carboxylic acid groups (broad SMARTS) is 1. The molecule has 0 spiro atoms. The van der Waals surface area contributed by atoms with Gasteiger partial charge in [0.25, 0.3) is 0 Å². The van der Waals surface area contributed by atoms with Crippen LogP contribution in [-0.2, 0) is 4.79 Å². The summed E-state index contributed by atoms with van der Waals surface area (Å²) in [7, 11) is 0. The van der Waals surface area contributed by atoms with Crippen LogP contribution in [0.1, 0.15) is 24.9 Å². The fourth-order valence-electron chi connectivity index (χ4n) is 2.37. The molecule has 1 N–H and O–H groups in total. The molecule has 0 aliphatic carbocycles. The fourth-order valence-corrected chi connectivity index (χ4v) is 2.37. The Morgan fingerprint density at radius 2 is 2.22 bits per heavy atom. The average Bonchev–Trinajstić information content (AvgIpc) is 2.81. The quantitative estimate of drug-likeness (QED) is 0.901. The Kier molecular flexibility index (Phi) is 3.61. The van der Waals surface area contributed by atoms with E-state index in [0.29, 0.717) is 19.5 Å². The van der Waals surface area contributed by atoms with Gasteiger partial charge in [-0.25, -0.2) is 8.78 Å². The van der Waals surface area contributed by atoms with E-state index < -0.39 is 23.5 Å². The van der Waals surface area contributed by atoms with Gasteiger partial charge < -0.3 is 5.11 Å². The molecule has 1 aliphatic heterocycles. The van der Waals surface area contributed by atoms with Gasteiger partial charge in [0.05, 0.1) is 5.92 Å². The van der Waals surface area contributed by atoms with E-state index in [4.69, 9.17) is 5.11 Å². The zero-order valence-electron chi connectivity index (χ0n) is 10.1. The number of halogens is 2. The highest BCUT2D eigenvalue weighted by atomic mass is 19.1. The average molecular weight is 255 g/mol. The zero-order chi connectivity index (χ0) is 13.3. The number of nitrogens with zero attached hydrogens (tertiary/aromatic N) is 1. The van der Waals surface area contributed by atoms with Gasteiger partial charge in [-0.3, -0.25) is 9.69 Å². The first-order valence-corrected chi connectivity index (χ1v) is 5.91. The molecule has 18 heavy (non-hydrogen) atoms. The molecule has 5 heteroatoms. The Balaban J connectivity index is 2.15. The Morgan fingerprint density at radius 1 is 1.50 bits per heavy atom. The summed E-state index contributed by atoms with van der Waals surface area (Å²) >= 11 is 0. The number of carbonyl (C=O) groups is 1. The zero-order valence-corrected chi connectivity index (χ0v) is 10.1. The lowest BCUT2D eigenvalue weighted by Crippen LogP contribution is -2.27. The lowest BCUT2D eigenvalue weighted by atomic mass is 10.1. The lowest BCUT2D eigenvalue weighted by Gasteiger charge is -2.24. The van der Waals surface area contributed by atoms with Crippen LogP contribution in [0.4, 0.5) is 8.78 Å². The van der Waals surface area contributed by atoms with E-state index in [1.54, 1.807) is 6.92 Å². The first-order chi connectivity index (χ1) is 8.49. The third kappa shape index (κ3) is 2.51. The number of benzene rings is 1. The summed E-state index contributed by atoms with van der Waals surface area (Å²) in [6, 6.07) is 3.04. The van der Waals surface area contributed by atoms with Crippen LogP contribution in [-0.4, -0.2) is 29.1 Å². The second kappa shape index (κ2) is 5.02. The van der Waals surface area contributed by atoms with Gasteiger partial charge in [-0.15, -0.1) is 0 Å². The van der Waals surface area contributed by atoms with Crippen molar-refractivity contribution in [1.82, 2.24) is 4.90 Å². The van der Waals surface area contributed by atoms with E-state index in [9.17, 15) is 13.6 Å². The molecule has 2 rings (SSSR count). The molecule has 1 fully saturated rings. The Labute approximate surface area is 104 Å². The summed E-state index contributed by atoms with van der Waals surface area (Å²) in [5.74, 6) is -2.18. The minimum atomic E-state index is -0.829. The predicted octanol–water partition coefficient (Wildman–Crippen LogP) is 2.43. The molecule has 0 unspecified atom stereocenters. The van der Waals surface area contributed by atoms with Crippen LogP contribution >= 0.6 is 0 Å². The van der Waals surface area contributed by atoms with Crippen LogP contribution in [0.25, 0.3) is 0 Å². The summed E-state index contributed by atoms with van der Waals surface area (Å²) < 4.78 is 26.7. The van der Waals surface area contributed by atoms with Gasteiger partial charge in [-0.2, -0.15) is 0 Å². The highest BCUT2D eigenvalue weighted by molar-refractivity contribution is 5.70. The molecular weight excluding hydrogens is 240 g/mol. The van der Waals surface area contributed by atoms with E-state index in [1.165, 1.54) is 6.07 Å². The molecule has 3 nitrogen and oxygen atoms in total. The molecule has 1 saturated heterocycles. The topological polar surface area (TPSA) is 40.5 Å². The highest BCUT2D eigenvalue weighted by Crippen LogP contribution is 2.29. The Bertz CT molecular complexity index is 464. The summed E-state index contributed by atoms with van der Waals surface area (Å²) in [5, 5.41) is 8.92. The first kappa shape index (κ1) is 13.0. The van der Waals surface area contributed by atoms with Crippen LogP contribution in [0.2, 0.25) is 0 Å². The predicted molar refractivity (Wildman–Crippen MR) is 62.1 cm³/mol. The summed E-state index contributed by atoms with van der Waals surface area (Å²) in [4.78, 5) is 12.7. The maximum Gasteiger partial charge on any atom is 0.307 e. The van der Waals surface area contributed by atoms with Gasteiger partial charge in [0.15, 0.2) is 0 Å². The molecular formula is C13H15F2NO2. The monoisotopic (exact) mass is 255 g/mol.